The highest BCUT2D eigenvalue weighted by Crippen LogP contribution is 2.54. The van der Waals surface area contributed by atoms with Gasteiger partial charge in [-0.3, -0.25) is 23.7 Å². The smallest absolute Gasteiger partial charge is 0.308 e. The van der Waals surface area contributed by atoms with Crippen LogP contribution in [0.3, 0.4) is 0 Å². The van der Waals surface area contributed by atoms with Gasteiger partial charge >= 0.3 is 4.87 Å². The maximum absolute atomic E-state index is 13.5. The molecule has 1 N–H and O–H groups in total. The molecule has 4 aromatic rings. The van der Waals surface area contributed by atoms with Gasteiger partial charge in [0.15, 0.2) is 0 Å². The zero-order valence-electron chi connectivity index (χ0n) is 20.4. The van der Waals surface area contributed by atoms with E-state index in [4.69, 9.17) is 0 Å². The molecule has 0 radical (unpaired) electrons. The van der Waals surface area contributed by atoms with Gasteiger partial charge in [-0.2, -0.15) is 0 Å². The number of carbonyl (C=O) groups is 3. The van der Waals surface area contributed by atoms with Crippen LogP contribution in [-0.4, -0.2) is 27.5 Å². The summed E-state index contributed by atoms with van der Waals surface area (Å²) in [5.41, 5.74) is 0.126. The lowest BCUT2D eigenvalue weighted by Gasteiger charge is -2.36. The average Bonchev–Trinajstić information content (AvgIpc) is 3.34. The van der Waals surface area contributed by atoms with Gasteiger partial charge in [0, 0.05) is 21.4 Å². The molecule has 0 spiro atoms. The van der Waals surface area contributed by atoms with Crippen molar-refractivity contribution in [3.8, 4) is 0 Å². The summed E-state index contributed by atoms with van der Waals surface area (Å²) in [7, 11) is 0. The molecule has 192 valence electrons. The van der Waals surface area contributed by atoms with Crippen LogP contribution in [-0.2, 0) is 26.3 Å². The van der Waals surface area contributed by atoms with Crippen molar-refractivity contribution in [2.45, 2.75) is 36.1 Å². The van der Waals surface area contributed by atoms with Crippen LogP contribution in [0.2, 0.25) is 0 Å². The van der Waals surface area contributed by atoms with Gasteiger partial charge in [-0.25, -0.2) is 9.29 Å². The molecule has 3 amide bonds. The Kier molecular flexibility index (Phi) is 5.77. The Morgan fingerprint density at radius 3 is 2.45 bits per heavy atom. The standard InChI is InChI=1S/C28H22FN3O4S2/c1-28(2)21-22(25(35)32(24(21)34)17-12-10-16(29)11-13-17)37-26-23(28)38-27(36)31(26)14-20(33)30-19-9-5-7-15-6-3-4-8-18(15)19/h3-13,21-22H,14H2,1-2H3,(H,30,33). The van der Waals surface area contributed by atoms with Gasteiger partial charge in [0.2, 0.25) is 17.7 Å². The van der Waals surface area contributed by atoms with Gasteiger partial charge in [0.25, 0.3) is 0 Å². The molecule has 1 fully saturated rings. The first-order valence-electron chi connectivity index (χ1n) is 12.0. The molecule has 0 aliphatic carbocycles. The number of benzene rings is 3. The number of nitrogens with one attached hydrogen (secondary N) is 1. The molecule has 10 heteroatoms. The van der Waals surface area contributed by atoms with E-state index >= 15 is 0 Å². The van der Waals surface area contributed by atoms with E-state index in [9.17, 15) is 23.6 Å². The number of thiazole rings is 1. The zero-order valence-corrected chi connectivity index (χ0v) is 22.1. The molecule has 2 unspecified atom stereocenters. The number of imide groups is 1. The SMILES string of the molecule is CC1(C)c2sc(=O)n(CC(=O)Nc3cccc4ccccc34)c2SC2C(=O)N(c3ccc(F)cc3)C(=O)C21. The molecule has 6 rings (SSSR count). The van der Waals surface area contributed by atoms with E-state index in [1.54, 1.807) is 6.07 Å². The second-order valence-corrected chi connectivity index (χ2v) is 12.0. The fourth-order valence-corrected chi connectivity index (χ4v) is 8.32. The molecule has 0 saturated carbocycles. The summed E-state index contributed by atoms with van der Waals surface area (Å²) in [4.78, 5) is 54.6. The van der Waals surface area contributed by atoms with E-state index in [0.717, 1.165) is 38.8 Å². The monoisotopic (exact) mass is 547 g/mol. The summed E-state index contributed by atoms with van der Waals surface area (Å²) in [5.74, 6) is -2.33. The quantitative estimate of drug-likeness (QED) is 0.372. The van der Waals surface area contributed by atoms with Crippen molar-refractivity contribution < 1.29 is 18.8 Å². The first-order chi connectivity index (χ1) is 18.2. The van der Waals surface area contributed by atoms with Gasteiger partial charge in [-0.1, -0.05) is 73.3 Å². The minimum atomic E-state index is -0.825. The van der Waals surface area contributed by atoms with Crippen molar-refractivity contribution in [1.82, 2.24) is 4.57 Å². The van der Waals surface area contributed by atoms with Crippen molar-refractivity contribution in [2.24, 2.45) is 5.92 Å². The van der Waals surface area contributed by atoms with Crippen molar-refractivity contribution >= 4 is 63.0 Å². The minimum absolute atomic E-state index is 0.224. The lowest BCUT2D eigenvalue weighted by atomic mass is 9.76. The van der Waals surface area contributed by atoms with E-state index in [1.165, 1.54) is 28.8 Å². The number of nitrogens with zero attached hydrogens (tertiary/aromatic N) is 2. The largest absolute Gasteiger partial charge is 0.324 e. The molecule has 7 nitrogen and oxygen atoms in total. The van der Waals surface area contributed by atoms with E-state index in [0.29, 0.717) is 21.3 Å². The first kappa shape index (κ1) is 24.6. The van der Waals surface area contributed by atoms with Crippen LogP contribution in [0.25, 0.3) is 10.8 Å². The molecular weight excluding hydrogens is 525 g/mol. The van der Waals surface area contributed by atoms with Gasteiger partial charge in [0.05, 0.1) is 16.6 Å². The highest BCUT2D eigenvalue weighted by atomic mass is 32.2. The Bertz CT molecular complexity index is 1690. The third-order valence-electron chi connectivity index (χ3n) is 7.15. The summed E-state index contributed by atoms with van der Waals surface area (Å²) in [6, 6.07) is 18.5. The van der Waals surface area contributed by atoms with Crippen LogP contribution in [0.5, 0.6) is 0 Å². The number of halogens is 1. The molecule has 38 heavy (non-hydrogen) atoms. The highest BCUT2D eigenvalue weighted by molar-refractivity contribution is 8.00. The normalized spacial score (nSPS) is 19.9. The van der Waals surface area contributed by atoms with Gasteiger partial charge < -0.3 is 5.32 Å². The lowest BCUT2D eigenvalue weighted by Crippen LogP contribution is -2.41. The third kappa shape index (κ3) is 3.78. The Labute approximate surface area is 225 Å². The Balaban J connectivity index is 1.32. The fraction of sp³-hybridized carbons (Fsp3) is 0.214. The predicted octanol–water partition coefficient (Wildman–Crippen LogP) is 4.78. The van der Waals surface area contributed by atoms with Crippen LogP contribution in [0.15, 0.2) is 76.6 Å². The highest BCUT2D eigenvalue weighted by Gasteiger charge is 2.59. The number of hydrogen-bond acceptors (Lipinski definition) is 6. The van der Waals surface area contributed by atoms with Crippen LogP contribution in [0.1, 0.15) is 18.7 Å². The topological polar surface area (TPSA) is 88.5 Å². The van der Waals surface area contributed by atoms with E-state index in [2.05, 4.69) is 5.32 Å². The second kappa shape index (κ2) is 8.92. The maximum Gasteiger partial charge on any atom is 0.308 e. The van der Waals surface area contributed by atoms with Crippen LogP contribution in [0, 0.1) is 11.7 Å². The van der Waals surface area contributed by atoms with Crippen molar-refractivity contribution in [1.29, 1.82) is 0 Å². The third-order valence-corrected chi connectivity index (χ3v) is 9.98. The summed E-state index contributed by atoms with van der Waals surface area (Å²) in [6.07, 6.45) is 0. The molecule has 2 aliphatic heterocycles. The van der Waals surface area contributed by atoms with E-state index in [-0.39, 0.29) is 23.2 Å². The van der Waals surface area contributed by atoms with E-state index in [1.807, 2.05) is 50.2 Å². The number of rotatable bonds is 4. The number of anilines is 2. The molecule has 1 aromatic heterocycles. The van der Waals surface area contributed by atoms with Crippen molar-refractivity contribution in [3.05, 3.63) is 87.1 Å². The number of thioether (sulfide) groups is 1. The Morgan fingerprint density at radius 1 is 0.974 bits per heavy atom. The predicted molar refractivity (Wildman–Crippen MR) is 146 cm³/mol. The van der Waals surface area contributed by atoms with Crippen LogP contribution in [0.4, 0.5) is 15.8 Å². The summed E-state index contributed by atoms with van der Waals surface area (Å²) in [5, 5.41) is 4.54. The Hall–Kier alpha value is -3.76. The van der Waals surface area contributed by atoms with Gasteiger partial charge in [-0.05, 0) is 35.7 Å². The minimum Gasteiger partial charge on any atom is -0.324 e. The summed E-state index contributed by atoms with van der Waals surface area (Å²) < 4.78 is 14.9. The fourth-order valence-electron chi connectivity index (χ4n) is 5.28. The molecule has 0 bridgehead atoms. The van der Waals surface area contributed by atoms with Crippen LogP contribution < -0.4 is 15.1 Å². The molecular formula is C28H22FN3O4S2. The van der Waals surface area contributed by atoms with E-state index < -0.39 is 28.3 Å². The van der Waals surface area contributed by atoms with Crippen molar-refractivity contribution in [3.63, 3.8) is 0 Å². The second-order valence-electron chi connectivity index (χ2n) is 9.89. The molecule has 3 aromatic carbocycles. The molecule has 2 atom stereocenters. The lowest BCUT2D eigenvalue weighted by molar-refractivity contribution is -0.123. The zero-order chi connectivity index (χ0) is 26.8. The molecule has 3 heterocycles. The van der Waals surface area contributed by atoms with Gasteiger partial charge in [-0.15, -0.1) is 0 Å². The number of hydrogen-bond donors (Lipinski definition) is 1. The summed E-state index contributed by atoms with van der Waals surface area (Å²) in [6.45, 7) is 3.47. The van der Waals surface area contributed by atoms with Crippen molar-refractivity contribution in [2.75, 3.05) is 10.2 Å². The summed E-state index contributed by atoms with van der Waals surface area (Å²) >= 11 is 2.15. The Morgan fingerprint density at radius 2 is 1.68 bits per heavy atom. The number of amides is 3. The maximum atomic E-state index is 13.5. The van der Waals surface area contributed by atoms with Gasteiger partial charge in [0.1, 0.15) is 17.6 Å². The number of fused-ring (bicyclic) bond motifs is 3. The molecule has 2 aliphatic rings. The first-order valence-corrected chi connectivity index (χ1v) is 13.7. The average molecular weight is 548 g/mol. The molecule has 1 saturated heterocycles. The number of aromatic nitrogens is 1. The number of carbonyl (C=O) groups excluding carboxylic acids is 3. The van der Waals surface area contributed by atoms with Crippen LogP contribution >= 0.6 is 23.1 Å².